The average molecular weight is 290 g/mol. The number of aromatic nitrogens is 4. The maximum absolute atomic E-state index is 12.0. The molecule has 114 valence electrons. The zero-order chi connectivity index (χ0) is 15.6. The number of nitrogens with one attached hydrogen (secondary N) is 2. The molecule has 1 atom stereocenters. The Morgan fingerprint density at radius 2 is 2.05 bits per heavy atom. The van der Waals surface area contributed by atoms with E-state index in [9.17, 15) is 4.79 Å². The normalized spacial score (nSPS) is 12.4. The minimum absolute atomic E-state index is 0.0391. The second-order valence-electron chi connectivity index (χ2n) is 5.13. The molecule has 0 radical (unpaired) electrons. The summed E-state index contributed by atoms with van der Waals surface area (Å²) < 4.78 is 1.74. The molecule has 7 nitrogen and oxygen atoms in total. The Morgan fingerprint density at radius 1 is 1.33 bits per heavy atom. The number of carbonyl (C=O) groups excluding carboxylic acids is 1. The Balaban J connectivity index is 2.47. The molecule has 2 rings (SSSR count). The topological polar surface area (TPSA) is 84.7 Å². The molecule has 0 saturated heterocycles. The third kappa shape index (κ3) is 2.96. The van der Waals surface area contributed by atoms with Crippen molar-refractivity contribution >= 4 is 22.8 Å². The first-order chi connectivity index (χ1) is 9.97. The van der Waals surface area contributed by atoms with Crippen molar-refractivity contribution < 1.29 is 4.79 Å². The summed E-state index contributed by atoms with van der Waals surface area (Å²) in [6.07, 6.45) is 1.65. The number of carbonyl (C=O) groups is 1. The predicted octanol–water partition coefficient (Wildman–Crippen LogP) is 1.31. The van der Waals surface area contributed by atoms with Gasteiger partial charge in [-0.25, -0.2) is 9.97 Å². The summed E-state index contributed by atoms with van der Waals surface area (Å²) in [7, 11) is 3.50. The number of anilines is 1. The van der Waals surface area contributed by atoms with Crippen LogP contribution in [0.2, 0.25) is 0 Å². The lowest BCUT2D eigenvalue weighted by atomic mass is 10.1. The van der Waals surface area contributed by atoms with Gasteiger partial charge in [0.1, 0.15) is 17.7 Å². The van der Waals surface area contributed by atoms with Crippen molar-refractivity contribution in [2.45, 2.75) is 39.7 Å². The quantitative estimate of drug-likeness (QED) is 0.867. The molecule has 2 aromatic rings. The highest BCUT2D eigenvalue weighted by Gasteiger charge is 2.20. The molecule has 7 heteroatoms. The van der Waals surface area contributed by atoms with Gasteiger partial charge in [-0.3, -0.25) is 9.48 Å². The highest BCUT2D eigenvalue weighted by Crippen LogP contribution is 2.24. The minimum Gasteiger partial charge on any atom is -0.358 e. The zero-order valence-electron chi connectivity index (χ0n) is 13.2. The van der Waals surface area contributed by atoms with Crippen LogP contribution in [0.3, 0.4) is 0 Å². The molecule has 0 fully saturated rings. The number of rotatable bonds is 5. The maximum Gasteiger partial charge on any atom is 0.242 e. The molecule has 0 spiro atoms. The number of likely N-dealkylation sites (N-methyl/N-ethyl adjacent to an activating group) is 1. The van der Waals surface area contributed by atoms with E-state index in [2.05, 4.69) is 25.7 Å². The van der Waals surface area contributed by atoms with Gasteiger partial charge in [0, 0.05) is 14.1 Å². The monoisotopic (exact) mass is 290 g/mol. The van der Waals surface area contributed by atoms with E-state index in [1.165, 1.54) is 0 Å². The fourth-order valence-electron chi connectivity index (χ4n) is 2.45. The van der Waals surface area contributed by atoms with Crippen molar-refractivity contribution in [3.05, 3.63) is 11.5 Å². The fourth-order valence-corrected chi connectivity index (χ4v) is 2.45. The molecule has 21 heavy (non-hydrogen) atoms. The van der Waals surface area contributed by atoms with Crippen LogP contribution in [0.1, 0.15) is 31.3 Å². The molecular formula is C14H22N6O. The van der Waals surface area contributed by atoms with Gasteiger partial charge in [-0.05, 0) is 20.3 Å². The number of fused-ring (bicyclic) bond motifs is 1. The summed E-state index contributed by atoms with van der Waals surface area (Å²) in [5, 5.41) is 11.2. The van der Waals surface area contributed by atoms with Crippen molar-refractivity contribution in [1.29, 1.82) is 0 Å². The highest BCUT2D eigenvalue weighted by atomic mass is 16.2. The van der Waals surface area contributed by atoms with Crippen LogP contribution >= 0.6 is 0 Å². The minimum atomic E-state index is -0.308. The van der Waals surface area contributed by atoms with Crippen molar-refractivity contribution in [3.63, 3.8) is 0 Å². The third-order valence-electron chi connectivity index (χ3n) is 3.42. The second kappa shape index (κ2) is 6.07. The number of aryl methyl sites for hydroxylation is 3. The summed E-state index contributed by atoms with van der Waals surface area (Å²) in [5.41, 5.74) is 1.62. The van der Waals surface area contributed by atoms with Crippen LogP contribution in [0.5, 0.6) is 0 Å². The first-order valence-electron chi connectivity index (χ1n) is 7.14. The number of nitrogens with zero attached hydrogens (tertiary/aromatic N) is 4. The van der Waals surface area contributed by atoms with Gasteiger partial charge in [-0.2, -0.15) is 5.10 Å². The largest absolute Gasteiger partial charge is 0.358 e. The Kier molecular flexibility index (Phi) is 4.40. The Hall–Kier alpha value is -2.18. The van der Waals surface area contributed by atoms with Gasteiger partial charge >= 0.3 is 0 Å². The standard InChI is InChI=1S/C14H22N6O/c1-6-7-10(14(21)15-4)18-12-11-8(2)19-20(5)13(11)17-9(3)16-12/h10H,6-7H2,1-5H3,(H,15,21)(H,16,17,18)/t10-/m1/s1. The van der Waals surface area contributed by atoms with Crippen LogP contribution in [0, 0.1) is 13.8 Å². The molecule has 0 unspecified atom stereocenters. The number of hydrogen-bond acceptors (Lipinski definition) is 5. The van der Waals surface area contributed by atoms with Gasteiger partial charge in [-0.1, -0.05) is 13.3 Å². The lowest BCUT2D eigenvalue weighted by molar-refractivity contribution is -0.121. The van der Waals surface area contributed by atoms with Gasteiger partial charge < -0.3 is 10.6 Å². The van der Waals surface area contributed by atoms with E-state index in [4.69, 9.17) is 0 Å². The van der Waals surface area contributed by atoms with Crippen LogP contribution in [0.4, 0.5) is 5.82 Å². The molecule has 1 amide bonds. The molecule has 0 saturated carbocycles. The van der Waals surface area contributed by atoms with E-state index in [-0.39, 0.29) is 11.9 Å². The second-order valence-corrected chi connectivity index (χ2v) is 5.13. The molecule has 2 N–H and O–H groups in total. The van der Waals surface area contributed by atoms with Gasteiger partial charge in [0.25, 0.3) is 0 Å². The smallest absolute Gasteiger partial charge is 0.242 e. The van der Waals surface area contributed by atoms with Gasteiger partial charge in [0.2, 0.25) is 5.91 Å². The predicted molar refractivity (Wildman–Crippen MR) is 82.2 cm³/mol. The van der Waals surface area contributed by atoms with Crippen molar-refractivity contribution in [2.75, 3.05) is 12.4 Å². The average Bonchev–Trinajstić information content (AvgIpc) is 2.72. The summed E-state index contributed by atoms with van der Waals surface area (Å²) in [4.78, 5) is 20.9. The van der Waals surface area contributed by atoms with E-state index in [1.807, 2.05) is 27.8 Å². The SMILES string of the molecule is CCC[C@@H](Nc1nc(C)nc2c1c(C)nn2C)C(=O)NC. The van der Waals surface area contributed by atoms with Gasteiger partial charge in [0.05, 0.1) is 11.1 Å². The molecule has 2 heterocycles. The Bertz CT molecular complexity index is 663. The molecule has 0 aliphatic rings. The summed E-state index contributed by atoms with van der Waals surface area (Å²) >= 11 is 0. The Labute approximate surface area is 124 Å². The number of hydrogen-bond donors (Lipinski definition) is 2. The van der Waals surface area contributed by atoms with E-state index in [0.29, 0.717) is 11.6 Å². The van der Waals surface area contributed by atoms with Crippen molar-refractivity contribution in [3.8, 4) is 0 Å². The van der Waals surface area contributed by atoms with E-state index < -0.39 is 0 Å². The van der Waals surface area contributed by atoms with Gasteiger partial charge in [0.15, 0.2) is 5.65 Å². The maximum atomic E-state index is 12.0. The van der Waals surface area contributed by atoms with E-state index in [0.717, 1.165) is 29.6 Å². The fraction of sp³-hybridized carbons (Fsp3) is 0.571. The summed E-state index contributed by atoms with van der Waals surface area (Å²) in [6, 6.07) is -0.308. The number of amides is 1. The molecule has 2 aromatic heterocycles. The van der Waals surface area contributed by atoms with Crippen LogP contribution in [0.15, 0.2) is 0 Å². The van der Waals surface area contributed by atoms with Crippen LogP contribution < -0.4 is 10.6 Å². The third-order valence-corrected chi connectivity index (χ3v) is 3.42. The molecule has 0 aromatic carbocycles. The molecule has 0 bridgehead atoms. The summed E-state index contributed by atoms with van der Waals surface area (Å²) in [6.45, 7) is 5.80. The Morgan fingerprint density at radius 3 is 2.67 bits per heavy atom. The van der Waals surface area contributed by atoms with Gasteiger partial charge in [-0.15, -0.1) is 0 Å². The lowest BCUT2D eigenvalue weighted by Crippen LogP contribution is -2.38. The zero-order valence-corrected chi connectivity index (χ0v) is 13.2. The van der Waals surface area contributed by atoms with Crippen LogP contribution in [-0.4, -0.2) is 38.7 Å². The highest BCUT2D eigenvalue weighted by molar-refractivity contribution is 5.92. The van der Waals surface area contributed by atoms with Crippen LogP contribution in [0.25, 0.3) is 11.0 Å². The van der Waals surface area contributed by atoms with Crippen LogP contribution in [-0.2, 0) is 11.8 Å². The van der Waals surface area contributed by atoms with Crippen molar-refractivity contribution in [2.24, 2.45) is 7.05 Å². The van der Waals surface area contributed by atoms with E-state index >= 15 is 0 Å². The summed E-state index contributed by atoms with van der Waals surface area (Å²) in [5.74, 6) is 1.29. The molecule has 0 aliphatic carbocycles. The first-order valence-corrected chi connectivity index (χ1v) is 7.14. The lowest BCUT2D eigenvalue weighted by Gasteiger charge is -2.18. The molecular weight excluding hydrogens is 268 g/mol. The molecule has 0 aliphatic heterocycles. The first kappa shape index (κ1) is 15.2. The van der Waals surface area contributed by atoms with Crippen molar-refractivity contribution in [1.82, 2.24) is 25.1 Å². The van der Waals surface area contributed by atoms with E-state index in [1.54, 1.807) is 11.7 Å².